The highest BCUT2D eigenvalue weighted by Gasteiger charge is 2.05. The molecule has 0 saturated heterocycles. The molecule has 0 aliphatic heterocycles. The van der Waals surface area contributed by atoms with Gasteiger partial charge >= 0.3 is 0 Å². The summed E-state index contributed by atoms with van der Waals surface area (Å²) in [6.45, 7) is 6.61. The van der Waals surface area contributed by atoms with Gasteiger partial charge in [-0.2, -0.15) is 5.10 Å². The number of nitrogens with zero attached hydrogens (tertiary/aromatic N) is 2. The van der Waals surface area contributed by atoms with E-state index in [1.54, 1.807) is 6.07 Å². The number of benzene rings is 1. The molecule has 0 fully saturated rings. The largest absolute Gasteiger partial charge is 0.311 e. The van der Waals surface area contributed by atoms with Gasteiger partial charge in [-0.25, -0.2) is 4.39 Å². The van der Waals surface area contributed by atoms with E-state index in [9.17, 15) is 4.39 Å². The summed E-state index contributed by atoms with van der Waals surface area (Å²) in [5.41, 5.74) is 3.08. The second-order valence-electron chi connectivity index (χ2n) is 4.81. The third-order valence-corrected chi connectivity index (χ3v) is 3.41. The zero-order chi connectivity index (χ0) is 14.4. The van der Waals surface area contributed by atoms with Gasteiger partial charge in [0.05, 0.1) is 11.4 Å². The topological polar surface area (TPSA) is 29.9 Å². The molecule has 1 aromatic heterocycles. The SMILES string of the molecule is CCc1cc(CNCCc2ccccc2F)n(CC)n1. The van der Waals surface area contributed by atoms with Crippen LogP contribution in [0, 0.1) is 5.82 Å². The van der Waals surface area contributed by atoms with Gasteiger partial charge in [0.15, 0.2) is 0 Å². The van der Waals surface area contributed by atoms with Gasteiger partial charge in [-0.1, -0.05) is 25.1 Å². The molecule has 0 aliphatic carbocycles. The van der Waals surface area contributed by atoms with Gasteiger partial charge in [0.25, 0.3) is 0 Å². The standard InChI is InChI=1S/C16H22FN3/c1-3-14-11-15(20(4-2)19-14)12-18-10-9-13-7-5-6-8-16(13)17/h5-8,11,18H,3-4,9-10,12H2,1-2H3. The summed E-state index contributed by atoms with van der Waals surface area (Å²) < 4.78 is 15.5. The van der Waals surface area contributed by atoms with Gasteiger partial charge in [0, 0.05) is 13.1 Å². The van der Waals surface area contributed by atoms with E-state index in [2.05, 4.69) is 30.3 Å². The van der Waals surface area contributed by atoms with Crippen LogP contribution in [0.2, 0.25) is 0 Å². The molecular formula is C16H22FN3. The molecule has 4 heteroatoms. The van der Waals surface area contributed by atoms with Crippen molar-refractivity contribution in [2.45, 2.75) is 39.8 Å². The van der Waals surface area contributed by atoms with E-state index in [1.165, 1.54) is 11.8 Å². The third kappa shape index (κ3) is 3.67. The number of hydrogen-bond donors (Lipinski definition) is 1. The fourth-order valence-electron chi connectivity index (χ4n) is 2.24. The lowest BCUT2D eigenvalue weighted by Crippen LogP contribution is -2.19. The van der Waals surface area contributed by atoms with Crippen molar-refractivity contribution in [3.63, 3.8) is 0 Å². The predicted molar refractivity (Wildman–Crippen MR) is 79.1 cm³/mol. The first-order valence-electron chi connectivity index (χ1n) is 7.24. The maximum Gasteiger partial charge on any atom is 0.126 e. The van der Waals surface area contributed by atoms with Crippen LogP contribution < -0.4 is 5.32 Å². The molecule has 2 aromatic rings. The highest BCUT2D eigenvalue weighted by atomic mass is 19.1. The maximum atomic E-state index is 13.5. The Bertz CT molecular complexity index is 548. The molecular weight excluding hydrogens is 253 g/mol. The fourth-order valence-corrected chi connectivity index (χ4v) is 2.24. The number of aromatic nitrogens is 2. The molecule has 1 heterocycles. The van der Waals surface area contributed by atoms with Crippen molar-refractivity contribution in [2.24, 2.45) is 0 Å². The second-order valence-corrected chi connectivity index (χ2v) is 4.81. The van der Waals surface area contributed by atoms with Crippen molar-refractivity contribution in [3.05, 3.63) is 53.1 Å². The minimum atomic E-state index is -0.124. The van der Waals surface area contributed by atoms with E-state index in [1.807, 2.05) is 16.8 Å². The smallest absolute Gasteiger partial charge is 0.126 e. The predicted octanol–water partition coefficient (Wildman–Crippen LogP) is 2.94. The summed E-state index contributed by atoms with van der Waals surface area (Å²) in [6, 6.07) is 9.08. The van der Waals surface area contributed by atoms with Crippen molar-refractivity contribution in [1.29, 1.82) is 0 Å². The molecule has 0 atom stereocenters. The molecule has 3 nitrogen and oxygen atoms in total. The average Bonchev–Trinajstić information content (AvgIpc) is 2.88. The average molecular weight is 275 g/mol. The number of hydrogen-bond acceptors (Lipinski definition) is 2. The van der Waals surface area contributed by atoms with E-state index in [0.29, 0.717) is 6.42 Å². The minimum absolute atomic E-state index is 0.124. The molecule has 0 aliphatic rings. The minimum Gasteiger partial charge on any atom is -0.311 e. The van der Waals surface area contributed by atoms with E-state index in [-0.39, 0.29) is 5.82 Å². The van der Waals surface area contributed by atoms with Gasteiger partial charge in [-0.15, -0.1) is 0 Å². The van der Waals surface area contributed by atoms with E-state index in [4.69, 9.17) is 0 Å². The molecule has 0 unspecified atom stereocenters. The Morgan fingerprint density at radius 1 is 1.25 bits per heavy atom. The summed E-state index contributed by atoms with van der Waals surface area (Å²) in [5, 5.41) is 7.88. The molecule has 1 N–H and O–H groups in total. The lowest BCUT2D eigenvalue weighted by molar-refractivity contribution is 0.569. The first kappa shape index (κ1) is 14.7. The normalized spacial score (nSPS) is 10.9. The van der Waals surface area contributed by atoms with E-state index < -0.39 is 0 Å². The number of aryl methyl sites for hydroxylation is 2. The van der Waals surface area contributed by atoms with Gasteiger partial charge in [0.1, 0.15) is 5.82 Å². The molecule has 0 amide bonds. The number of nitrogens with one attached hydrogen (secondary N) is 1. The van der Waals surface area contributed by atoms with Gasteiger partial charge in [-0.05, 0) is 44.0 Å². The molecule has 0 radical (unpaired) electrons. The van der Waals surface area contributed by atoms with Crippen molar-refractivity contribution in [3.8, 4) is 0 Å². The Kier molecular flexibility index (Phi) is 5.30. The molecule has 20 heavy (non-hydrogen) atoms. The first-order valence-corrected chi connectivity index (χ1v) is 7.24. The highest BCUT2D eigenvalue weighted by molar-refractivity contribution is 5.17. The molecule has 0 saturated carbocycles. The van der Waals surface area contributed by atoms with Crippen molar-refractivity contribution >= 4 is 0 Å². The molecule has 1 aromatic carbocycles. The fraction of sp³-hybridized carbons (Fsp3) is 0.438. The zero-order valence-electron chi connectivity index (χ0n) is 12.2. The summed E-state index contributed by atoms with van der Waals surface area (Å²) in [6.07, 6.45) is 1.66. The third-order valence-electron chi connectivity index (χ3n) is 3.41. The quantitative estimate of drug-likeness (QED) is 0.787. The number of rotatable bonds is 7. The van der Waals surface area contributed by atoms with Crippen molar-refractivity contribution in [2.75, 3.05) is 6.54 Å². The van der Waals surface area contributed by atoms with Crippen LogP contribution in [0.15, 0.2) is 30.3 Å². The Hall–Kier alpha value is -1.68. The maximum absolute atomic E-state index is 13.5. The van der Waals surface area contributed by atoms with Crippen LogP contribution in [0.25, 0.3) is 0 Å². The summed E-state index contributed by atoms with van der Waals surface area (Å²) in [4.78, 5) is 0. The van der Waals surface area contributed by atoms with Crippen LogP contribution in [0.5, 0.6) is 0 Å². The van der Waals surface area contributed by atoms with Crippen LogP contribution in [0.4, 0.5) is 4.39 Å². The lowest BCUT2D eigenvalue weighted by atomic mass is 10.1. The second kappa shape index (κ2) is 7.20. The van der Waals surface area contributed by atoms with Crippen molar-refractivity contribution < 1.29 is 4.39 Å². The molecule has 0 spiro atoms. The zero-order valence-corrected chi connectivity index (χ0v) is 12.2. The van der Waals surface area contributed by atoms with Crippen LogP contribution >= 0.6 is 0 Å². The summed E-state index contributed by atoms with van der Waals surface area (Å²) in [5.74, 6) is -0.124. The van der Waals surface area contributed by atoms with Crippen LogP contribution in [-0.2, 0) is 25.9 Å². The van der Waals surface area contributed by atoms with Crippen LogP contribution in [0.3, 0.4) is 0 Å². The van der Waals surface area contributed by atoms with Crippen LogP contribution in [-0.4, -0.2) is 16.3 Å². The van der Waals surface area contributed by atoms with Crippen LogP contribution in [0.1, 0.15) is 30.8 Å². The Labute approximate surface area is 119 Å². The van der Waals surface area contributed by atoms with E-state index >= 15 is 0 Å². The first-order chi connectivity index (χ1) is 9.74. The lowest BCUT2D eigenvalue weighted by Gasteiger charge is -2.07. The monoisotopic (exact) mass is 275 g/mol. The van der Waals surface area contributed by atoms with Gasteiger partial charge in [0.2, 0.25) is 0 Å². The summed E-state index contributed by atoms with van der Waals surface area (Å²) >= 11 is 0. The Morgan fingerprint density at radius 2 is 2.05 bits per heavy atom. The number of halogens is 1. The highest BCUT2D eigenvalue weighted by Crippen LogP contribution is 2.07. The molecule has 0 bridgehead atoms. The van der Waals surface area contributed by atoms with Gasteiger partial charge in [-0.3, -0.25) is 4.68 Å². The molecule has 2 rings (SSSR count). The summed E-state index contributed by atoms with van der Waals surface area (Å²) in [7, 11) is 0. The van der Waals surface area contributed by atoms with Crippen molar-refractivity contribution in [1.82, 2.24) is 15.1 Å². The van der Waals surface area contributed by atoms with E-state index in [0.717, 1.165) is 37.3 Å². The Morgan fingerprint density at radius 3 is 2.75 bits per heavy atom. The van der Waals surface area contributed by atoms with Gasteiger partial charge < -0.3 is 5.32 Å². The Balaban J connectivity index is 1.84. The molecule has 108 valence electrons.